The van der Waals surface area contributed by atoms with Gasteiger partial charge in [0, 0.05) is 0 Å². The Hall–Kier alpha value is -3.10. The Labute approximate surface area is 150 Å². The summed E-state index contributed by atoms with van der Waals surface area (Å²) in [4.78, 5) is 22.9. The summed E-state index contributed by atoms with van der Waals surface area (Å²) in [5.41, 5.74) is 1.47. The number of hydrogen-bond donors (Lipinski definition) is 1. The molecule has 1 aliphatic rings. The van der Waals surface area contributed by atoms with Gasteiger partial charge in [-0.25, -0.2) is 0 Å². The molecule has 26 heavy (non-hydrogen) atoms. The number of aryl methyl sites for hydroxylation is 1. The fourth-order valence-electron chi connectivity index (χ4n) is 2.94. The van der Waals surface area contributed by atoms with Gasteiger partial charge in [-0.05, 0) is 38.5 Å². The zero-order valence-electron chi connectivity index (χ0n) is 14.8. The molecule has 3 rings (SSSR count). The first kappa shape index (κ1) is 17.7. The van der Waals surface area contributed by atoms with Crippen molar-refractivity contribution in [2.45, 2.75) is 33.4 Å². The van der Waals surface area contributed by atoms with Crippen molar-refractivity contribution in [1.82, 2.24) is 15.1 Å². The molecule has 1 atom stereocenters. The van der Waals surface area contributed by atoms with E-state index >= 15 is 0 Å². The minimum Gasteiger partial charge on any atom is -0.486 e. The average molecular weight is 360 g/mol. The van der Waals surface area contributed by atoms with E-state index in [1.165, 1.54) is 4.68 Å². The van der Waals surface area contributed by atoms with E-state index in [-0.39, 0.29) is 24.2 Å². The largest absolute Gasteiger partial charge is 0.486 e. The minimum atomic E-state index is -0.482. The third-order valence-corrected chi connectivity index (χ3v) is 4.26. The van der Waals surface area contributed by atoms with Gasteiger partial charge in [0.1, 0.15) is 31.1 Å². The summed E-state index contributed by atoms with van der Waals surface area (Å²) in [6, 6.07) is 5.27. The highest BCUT2D eigenvalue weighted by Gasteiger charge is 2.23. The summed E-state index contributed by atoms with van der Waals surface area (Å²) >= 11 is 0. The molecule has 0 radical (unpaired) electrons. The molecule has 0 saturated carbocycles. The van der Waals surface area contributed by atoms with E-state index in [1.807, 2.05) is 25.1 Å². The third-order valence-electron chi connectivity index (χ3n) is 4.26. The van der Waals surface area contributed by atoms with E-state index < -0.39 is 4.92 Å². The lowest BCUT2D eigenvalue weighted by molar-refractivity contribution is -0.386. The molecule has 1 aliphatic heterocycles. The van der Waals surface area contributed by atoms with Gasteiger partial charge in [0.05, 0.1) is 11.0 Å². The van der Waals surface area contributed by atoms with Gasteiger partial charge >= 0.3 is 5.69 Å². The van der Waals surface area contributed by atoms with Gasteiger partial charge in [-0.15, -0.1) is 0 Å². The molecule has 2 heterocycles. The fraction of sp³-hybridized carbons (Fsp3) is 0.412. The highest BCUT2D eigenvalue weighted by atomic mass is 16.6. The minimum absolute atomic E-state index is 0.0577. The number of carbonyl (C=O) groups excluding carboxylic acids is 1. The SMILES string of the molecule is Cc1nn(CC(=O)NC(C)c2ccc3c(c2)OCCO3)c(C)c1[N+](=O)[O-]. The van der Waals surface area contributed by atoms with Crippen molar-refractivity contribution < 1.29 is 19.2 Å². The van der Waals surface area contributed by atoms with Crippen LogP contribution in [0, 0.1) is 24.0 Å². The smallest absolute Gasteiger partial charge is 0.312 e. The maximum absolute atomic E-state index is 12.3. The maximum Gasteiger partial charge on any atom is 0.312 e. The molecule has 9 nitrogen and oxygen atoms in total. The Bertz CT molecular complexity index is 861. The number of nitrogens with one attached hydrogen (secondary N) is 1. The lowest BCUT2D eigenvalue weighted by Gasteiger charge is -2.21. The van der Waals surface area contributed by atoms with Gasteiger partial charge in [0.15, 0.2) is 11.5 Å². The Kier molecular flexibility index (Phi) is 4.79. The van der Waals surface area contributed by atoms with Crippen LogP contribution in [0.25, 0.3) is 0 Å². The van der Waals surface area contributed by atoms with Crippen molar-refractivity contribution in [3.8, 4) is 11.5 Å². The van der Waals surface area contributed by atoms with Crippen LogP contribution in [-0.2, 0) is 11.3 Å². The number of amides is 1. The first-order valence-corrected chi connectivity index (χ1v) is 8.24. The number of benzene rings is 1. The van der Waals surface area contributed by atoms with Crippen LogP contribution in [0.5, 0.6) is 11.5 Å². The summed E-state index contributed by atoms with van der Waals surface area (Å²) in [5, 5.41) is 18.0. The van der Waals surface area contributed by atoms with Crippen molar-refractivity contribution in [1.29, 1.82) is 0 Å². The van der Waals surface area contributed by atoms with Crippen LogP contribution < -0.4 is 14.8 Å². The van der Waals surface area contributed by atoms with Gasteiger partial charge in [0.2, 0.25) is 5.91 Å². The van der Waals surface area contributed by atoms with E-state index in [4.69, 9.17) is 9.47 Å². The normalized spacial score (nSPS) is 14.0. The third kappa shape index (κ3) is 3.46. The van der Waals surface area contributed by atoms with Crippen molar-refractivity contribution in [3.63, 3.8) is 0 Å². The number of ether oxygens (including phenoxy) is 2. The molecule has 1 unspecified atom stereocenters. The second kappa shape index (κ2) is 7.03. The second-order valence-electron chi connectivity index (χ2n) is 6.13. The Morgan fingerprint density at radius 3 is 2.69 bits per heavy atom. The van der Waals surface area contributed by atoms with Crippen molar-refractivity contribution in [3.05, 3.63) is 45.3 Å². The van der Waals surface area contributed by atoms with E-state index in [1.54, 1.807) is 13.8 Å². The molecule has 0 fully saturated rings. The van der Waals surface area contributed by atoms with E-state index in [9.17, 15) is 14.9 Å². The van der Waals surface area contributed by atoms with Gasteiger partial charge in [-0.1, -0.05) is 6.07 Å². The molecule has 1 amide bonds. The summed E-state index contributed by atoms with van der Waals surface area (Å²) < 4.78 is 12.4. The predicted molar refractivity (Wildman–Crippen MR) is 92.3 cm³/mol. The molecular weight excluding hydrogens is 340 g/mol. The van der Waals surface area contributed by atoms with Crippen molar-refractivity contribution in [2.24, 2.45) is 0 Å². The van der Waals surface area contributed by atoms with Crippen molar-refractivity contribution >= 4 is 11.6 Å². The second-order valence-corrected chi connectivity index (χ2v) is 6.13. The standard InChI is InChI=1S/C17H20N4O5/c1-10(13-4-5-14-15(8-13)26-7-6-25-14)18-16(22)9-20-12(3)17(21(23)24)11(2)19-20/h4-5,8,10H,6-7,9H2,1-3H3,(H,18,22). The molecule has 138 valence electrons. The van der Waals surface area contributed by atoms with E-state index in [0.717, 1.165) is 5.56 Å². The van der Waals surface area contributed by atoms with Crippen LogP contribution in [0.1, 0.15) is 29.9 Å². The number of aromatic nitrogens is 2. The molecular formula is C17H20N4O5. The number of nitrogens with zero attached hydrogens (tertiary/aromatic N) is 3. The number of nitro groups is 1. The monoisotopic (exact) mass is 360 g/mol. The van der Waals surface area contributed by atoms with E-state index in [2.05, 4.69) is 10.4 Å². The lowest BCUT2D eigenvalue weighted by Crippen LogP contribution is -2.31. The van der Waals surface area contributed by atoms with Crippen LogP contribution in [-0.4, -0.2) is 33.8 Å². The topological polar surface area (TPSA) is 109 Å². The number of carbonyl (C=O) groups is 1. The van der Waals surface area contributed by atoms with Gasteiger partial charge < -0.3 is 14.8 Å². The predicted octanol–water partition coefficient (Wildman–Crippen LogP) is 2.06. The van der Waals surface area contributed by atoms with Crippen LogP contribution in [0.3, 0.4) is 0 Å². The first-order valence-electron chi connectivity index (χ1n) is 8.24. The highest BCUT2D eigenvalue weighted by molar-refractivity contribution is 5.76. The number of fused-ring (bicyclic) bond motifs is 1. The molecule has 1 aromatic heterocycles. The zero-order chi connectivity index (χ0) is 18.8. The lowest BCUT2D eigenvalue weighted by atomic mass is 10.1. The summed E-state index contributed by atoms with van der Waals surface area (Å²) in [6.07, 6.45) is 0. The van der Waals surface area contributed by atoms with Gasteiger partial charge in [-0.2, -0.15) is 5.10 Å². The molecule has 0 bridgehead atoms. The number of rotatable bonds is 5. The summed E-state index contributed by atoms with van der Waals surface area (Å²) in [7, 11) is 0. The van der Waals surface area contributed by atoms with Gasteiger partial charge in [0.25, 0.3) is 0 Å². The first-order chi connectivity index (χ1) is 12.4. The van der Waals surface area contributed by atoms with Crippen LogP contribution in [0.15, 0.2) is 18.2 Å². The van der Waals surface area contributed by atoms with Gasteiger partial charge in [-0.3, -0.25) is 19.6 Å². The Morgan fingerprint density at radius 1 is 1.35 bits per heavy atom. The molecule has 0 aliphatic carbocycles. The number of hydrogen-bond acceptors (Lipinski definition) is 6. The zero-order valence-corrected chi connectivity index (χ0v) is 14.8. The summed E-state index contributed by atoms with van der Waals surface area (Å²) in [6.45, 7) is 5.91. The molecule has 0 saturated heterocycles. The van der Waals surface area contributed by atoms with Crippen LogP contribution in [0.4, 0.5) is 5.69 Å². The van der Waals surface area contributed by atoms with Crippen LogP contribution in [0.2, 0.25) is 0 Å². The Balaban J connectivity index is 1.68. The Morgan fingerprint density at radius 2 is 2.04 bits per heavy atom. The molecule has 9 heteroatoms. The fourth-order valence-corrected chi connectivity index (χ4v) is 2.94. The van der Waals surface area contributed by atoms with E-state index in [0.29, 0.717) is 36.1 Å². The molecule has 1 N–H and O–H groups in total. The molecule has 2 aromatic rings. The van der Waals surface area contributed by atoms with Crippen molar-refractivity contribution in [2.75, 3.05) is 13.2 Å². The van der Waals surface area contributed by atoms with Crippen LogP contribution >= 0.6 is 0 Å². The quantitative estimate of drug-likeness (QED) is 0.646. The molecule has 0 spiro atoms. The average Bonchev–Trinajstić information content (AvgIpc) is 2.87. The highest BCUT2D eigenvalue weighted by Crippen LogP contribution is 2.32. The summed E-state index contributed by atoms with van der Waals surface area (Å²) in [5.74, 6) is 1.06. The maximum atomic E-state index is 12.3. The molecule has 1 aromatic carbocycles.